The second-order valence-electron chi connectivity index (χ2n) is 4.67. The minimum Gasteiger partial charge on any atom is -0.495 e. The Morgan fingerprint density at radius 3 is 2.50 bits per heavy atom. The summed E-state index contributed by atoms with van der Waals surface area (Å²) in [4.78, 5) is 12.1. The van der Waals surface area contributed by atoms with Gasteiger partial charge in [0.05, 0.1) is 12.1 Å². The molecule has 3 N–H and O–H groups in total. The van der Waals surface area contributed by atoms with E-state index >= 15 is 0 Å². The van der Waals surface area contributed by atoms with Crippen molar-refractivity contribution in [1.82, 2.24) is 0 Å². The van der Waals surface area contributed by atoms with E-state index in [-0.39, 0.29) is 5.91 Å². The molecule has 1 amide bonds. The number of carbonyl (C=O) groups is 1. The normalized spacial score (nSPS) is 11.6. The van der Waals surface area contributed by atoms with Crippen molar-refractivity contribution in [1.29, 1.82) is 0 Å². The van der Waals surface area contributed by atoms with Crippen LogP contribution in [0.5, 0.6) is 11.5 Å². The van der Waals surface area contributed by atoms with Gasteiger partial charge in [-0.1, -0.05) is 11.6 Å². The SMILES string of the molecule is COc1ccc(NC(=O)C(C)Oc2ccc(N)cc2)cc1Cl. The Morgan fingerprint density at radius 1 is 1.23 bits per heavy atom. The number of carbonyl (C=O) groups excluding carboxylic acids is 1. The third kappa shape index (κ3) is 4.05. The van der Waals surface area contributed by atoms with Crippen molar-refractivity contribution < 1.29 is 14.3 Å². The van der Waals surface area contributed by atoms with Crippen molar-refractivity contribution in [3.63, 3.8) is 0 Å². The van der Waals surface area contributed by atoms with Crippen molar-refractivity contribution in [3.8, 4) is 11.5 Å². The third-order valence-electron chi connectivity index (χ3n) is 2.98. The average Bonchev–Trinajstić information content (AvgIpc) is 2.49. The summed E-state index contributed by atoms with van der Waals surface area (Å²) in [7, 11) is 1.53. The highest BCUT2D eigenvalue weighted by Crippen LogP contribution is 2.27. The number of hydrogen-bond donors (Lipinski definition) is 2. The van der Waals surface area contributed by atoms with Gasteiger partial charge in [-0.3, -0.25) is 4.79 Å². The van der Waals surface area contributed by atoms with Gasteiger partial charge < -0.3 is 20.5 Å². The van der Waals surface area contributed by atoms with Crippen LogP contribution in [0.1, 0.15) is 6.92 Å². The second-order valence-corrected chi connectivity index (χ2v) is 5.07. The summed E-state index contributed by atoms with van der Waals surface area (Å²) in [5, 5.41) is 3.16. The molecular formula is C16H17ClN2O3. The van der Waals surface area contributed by atoms with E-state index in [1.165, 1.54) is 7.11 Å². The fraction of sp³-hybridized carbons (Fsp3) is 0.188. The Balaban J connectivity index is 1.99. The molecule has 0 bridgehead atoms. The number of benzene rings is 2. The highest BCUT2D eigenvalue weighted by atomic mass is 35.5. The fourth-order valence-corrected chi connectivity index (χ4v) is 2.05. The number of nitrogen functional groups attached to an aromatic ring is 1. The van der Waals surface area contributed by atoms with Crippen LogP contribution < -0.4 is 20.5 Å². The van der Waals surface area contributed by atoms with Crippen LogP contribution in [0.2, 0.25) is 5.02 Å². The van der Waals surface area contributed by atoms with E-state index in [1.54, 1.807) is 49.4 Å². The van der Waals surface area contributed by atoms with Crippen molar-refractivity contribution in [2.45, 2.75) is 13.0 Å². The van der Waals surface area contributed by atoms with Crippen molar-refractivity contribution in [2.75, 3.05) is 18.2 Å². The minimum absolute atomic E-state index is 0.280. The molecular weight excluding hydrogens is 304 g/mol. The smallest absolute Gasteiger partial charge is 0.265 e. The van der Waals surface area contributed by atoms with Crippen LogP contribution in [0.25, 0.3) is 0 Å². The maximum Gasteiger partial charge on any atom is 0.265 e. The van der Waals surface area contributed by atoms with E-state index in [1.807, 2.05) is 0 Å². The highest BCUT2D eigenvalue weighted by molar-refractivity contribution is 6.32. The molecule has 2 aromatic carbocycles. The van der Waals surface area contributed by atoms with Gasteiger partial charge in [-0.25, -0.2) is 0 Å². The molecule has 0 heterocycles. The lowest BCUT2D eigenvalue weighted by Gasteiger charge is -2.15. The molecule has 116 valence electrons. The average molecular weight is 321 g/mol. The van der Waals surface area contributed by atoms with Crippen LogP contribution in [0, 0.1) is 0 Å². The number of halogens is 1. The summed E-state index contributed by atoms with van der Waals surface area (Å²) in [6.45, 7) is 1.66. The number of nitrogens with two attached hydrogens (primary N) is 1. The largest absolute Gasteiger partial charge is 0.495 e. The van der Waals surface area contributed by atoms with Crippen LogP contribution in [-0.2, 0) is 4.79 Å². The first-order valence-corrected chi connectivity index (χ1v) is 7.04. The van der Waals surface area contributed by atoms with E-state index < -0.39 is 6.10 Å². The van der Waals surface area contributed by atoms with E-state index in [9.17, 15) is 4.79 Å². The number of rotatable bonds is 5. The first-order valence-electron chi connectivity index (χ1n) is 6.66. The minimum atomic E-state index is -0.662. The molecule has 2 rings (SSSR count). The van der Waals surface area contributed by atoms with Gasteiger partial charge in [0, 0.05) is 11.4 Å². The zero-order chi connectivity index (χ0) is 16.1. The summed E-state index contributed by atoms with van der Waals surface area (Å²) >= 11 is 6.02. The summed E-state index contributed by atoms with van der Waals surface area (Å²) in [5.74, 6) is 0.841. The molecule has 6 heteroatoms. The topological polar surface area (TPSA) is 73.6 Å². The van der Waals surface area contributed by atoms with Crippen LogP contribution in [0.15, 0.2) is 42.5 Å². The lowest BCUT2D eigenvalue weighted by Crippen LogP contribution is -2.30. The van der Waals surface area contributed by atoms with Gasteiger partial charge in [0.25, 0.3) is 5.91 Å². The molecule has 0 aliphatic rings. The van der Waals surface area contributed by atoms with Crippen molar-refractivity contribution in [2.24, 2.45) is 0 Å². The molecule has 0 saturated heterocycles. The van der Waals surface area contributed by atoms with Gasteiger partial charge in [0.15, 0.2) is 6.10 Å². The molecule has 1 unspecified atom stereocenters. The molecule has 1 atom stereocenters. The molecule has 0 radical (unpaired) electrons. The zero-order valence-electron chi connectivity index (χ0n) is 12.3. The van der Waals surface area contributed by atoms with E-state index in [0.29, 0.717) is 27.9 Å². The van der Waals surface area contributed by atoms with E-state index in [4.69, 9.17) is 26.8 Å². The molecule has 0 aromatic heterocycles. The Bertz CT molecular complexity index is 659. The van der Waals surface area contributed by atoms with Crippen LogP contribution >= 0.6 is 11.6 Å². The first kappa shape index (κ1) is 16.0. The summed E-state index contributed by atoms with van der Waals surface area (Å²) in [6, 6.07) is 11.9. The lowest BCUT2D eigenvalue weighted by molar-refractivity contribution is -0.122. The van der Waals surface area contributed by atoms with Gasteiger partial charge in [-0.15, -0.1) is 0 Å². The molecule has 5 nitrogen and oxygen atoms in total. The van der Waals surface area contributed by atoms with Gasteiger partial charge >= 0.3 is 0 Å². The first-order chi connectivity index (χ1) is 10.5. The highest BCUT2D eigenvalue weighted by Gasteiger charge is 2.15. The number of hydrogen-bond acceptors (Lipinski definition) is 4. The monoisotopic (exact) mass is 320 g/mol. The summed E-state index contributed by atoms with van der Waals surface area (Å²) in [6.07, 6.45) is -0.662. The van der Waals surface area contributed by atoms with Gasteiger partial charge in [0.1, 0.15) is 11.5 Å². The number of amides is 1. The summed E-state index contributed by atoms with van der Waals surface area (Å²) in [5.41, 5.74) is 6.81. The zero-order valence-corrected chi connectivity index (χ0v) is 13.1. The number of nitrogens with one attached hydrogen (secondary N) is 1. The van der Waals surface area contributed by atoms with Gasteiger partial charge in [0.2, 0.25) is 0 Å². The number of ether oxygens (including phenoxy) is 2. The molecule has 0 spiro atoms. The molecule has 22 heavy (non-hydrogen) atoms. The summed E-state index contributed by atoms with van der Waals surface area (Å²) < 4.78 is 10.6. The van der Waals surface area contributed by atoms with Crippen LogP contribution in [0.3, 0.4) is 0 Å². The second kappa shape index (κ2) is 7.04. The van der Waals surface area contributed by atoms with Crippen LogP contribution in [-0.4, -0.2) is 19.1 Å². The third-order valence-corrected chi connectivity index (χ3v) is 3.28. The predicted molar refractivity (Wildman–Crippen MR) is 87.6 cm³/mol. The molecule has 0 aliphatic carbocycles. The van der Waals surface area contributed by atoms with Crippen molar-refractivity contribution in [3.05, 3.63) is 47.5 Å². The maximum atomic E-state index is 12.1. The Labute approximate surface area is 134 Å². The molecule has 0 saturated carbocycles. The van der Waals surface area contributed by atoms with E-state index in [0.717, 1.165) is 0 Å². The molecule has 2 aromatic rings. The number of anilines is 2. The fourth-order valence-electron chi connectivity index (χ4n) is 1.79. The standard InChI is InChI=1S/C16H17ClN2O3/c1-10(22-13-6-3-11(18)4-7-13)16(20)19-12-5-8-15(21-2)14(17)9-12/h3-10H,18H2,1-2H3,(H,19,20). The van der Waals surface area contributed by atoms with Gasteiger partial charge in [-0.2, -0.15) is 0 Å². The lowest BCUT2D eigenvalue weighted by atomic mass is 10.2. The number of methoxy groups -OCH3 is 1. The van der Waals surface area contributed by atoms with Crippen molar-refractivity contribution >= 4 is 28.9 Å². The molecule has 0 aliphatic heterocycles. The Morgan fingerprint density at radius 2 is 1.91 bits per heavy atom. The quantitative estimate of drug-likeness (QED) is 0.829. The van der Waals surface area contributed by atoms with E-state index in [2.05, 4.69) is 5.32 Å². The Kier molecular flexibility index (Phi) is 5.12. The van der Waals surface area contributed by atoms with Crippen LogP contribution in [0.4, 0.5) is 11.4 Å². The molecule has 0 fully saturated rings. The van der Waals surface area contributed by atoms with Gasteiger partial charge in [-0.05, 0) is 49.4 Å². The Hall–Kier alpha value is -2.40. The predicted octanol–water partition coefficient (Wildman–Crippen LogP) is 3.34. The maximum absolute atomic E-state index is 12.1.